The summed E-state index contributed by atoms with van der Waals surface area (Å²) in [6.45, 7) is 3.53. The van der Waals surface area contributed by atoms with E-state index in [1.165, 1.54) is 18.8 Å². The van der Waals surface area contributed by atoms with Crippen LogP contribution in [0.2, 0.25) is 0 Å². The lowest BCUT2D eigenvalue weighted by molar-refractivity contribution is -0.117. The molecule has 0 aromatic heterocycles. The number of amides is 2. The molecule has 0 saturated carbocycles. The van der Waals surface area contributed by atoms with Gasteiger partial charge in [-0.2, -0.15) is 0 Å². The van der Waals surface area contributed by atoms with Gasteiger partial charge in [0.05, 0.1) is 0 Å². The number of hydrogen-bond acceptors (Lipinski definition) is 5. The van der Waals surface area contributed by atoms with Gasteiger partial charge in [0.25, 0.3) is 0 Å². The summed E-state index contributed by atoms with van der Waals surface area (Å²) >= 11 is 1.32. The van der Waals surface area contributed by atoms with Crippen LogP contribution >= 0.6 is 11.8 Å². The second-order valence-electron chi connectivity index (χ2n) is 2.84. The topological polar surface area (TPSA) is 93.8 Å². The smallest absolute Gasteiger partial charge is 0.370 e. The third-order valence-corrected chi connectivity index (χ3v) is 2.31. The molecule has 0 saturated heterocycles. The lowest BCUT2D eigenvalue weighted by Crippen LogP contribution is -2.18. The summed E-state index contributed by atoms with van der Waals surface area (Å²) < 4.78 is 0. The van der Waals surface area contributed by atoms with Crippen molar-refractivity contribution >= 4 is 28.8 Å². The van der Waals surface area contributed by atoms with Crippen LogP contribution in [0.4, 0.5) is 4.79 Å². The van der Waals surface area contributed by atoms with Gasteiger partial charge in [0.2, 0.25) is 5.91 Å². The van der Waals surface area contributed by atoms with Crippen molar-refractivity contribution in [1.29, 1.82) is 0 Å². The maximum absolute atomic E-state index is 10.7. The molecule has 0 aromatic carbocycles. The molecule has 0 heterocycles. The van der Waals surface area contributed by atoms with Gasteiger partial charge < -0.3 is 11.1 Å². The van der Waals surface area contributed by atoms with Gasteiger partial charge >= 0.3 is 6.09 Å². The van der Waals surface area contributed by atoms with Crippen molar-refractivity contribution < 1.29 is 14.4 Å². The second kappa shape index (κ2) is 7.10. The van der Waals surface area contributed by atoms with Crippen LogP contribution in [0.15, 0.2) is 5.16 Å². The van der Waals surface area contributed by atoms with Crippen molar-refractivity contribution in [3.8, 4) is 0 Å². The number of carbonyl (C=O) groups is 2. The van der Waals surface area contributed by atoms with Gasteiger partial charge in [-0.15, -0.1) is 11.8 Å². The first-order valence-electron chi connectivity index (χ1n) is 4.34. The highest BCUT2D eigenvalue weighted by atomic mass is 32.2. The number of rotatable bonds is 4. The predicted octanol–water partition coefficient (Wildman–Crippen LogP) is 0.673. The number of nitrogens with zero attached hydrogens (tertiary/aromatic N) is 1. The quantitative estimate of drug-likeness (QED) is 0.323. The Morgan fingerprint density at radius 1 is 1.60 bits per heavy atom. The zero-order valence-corrected chi connectivity index (χ0v) is 9.76. The number of nitrogens with two attached hydrogens (primary N) is 1. The van der Waals surface area contributed by atoms with Crippen LogP contribution in [0.1, 0.15) is 20.3 Å². The van der Waals surface area contributed by atoms with E-state index in [1.807, 2.05) is 6.92 Å². The van der Waals surface area contributed by atoms with E-state index < -0.39 is 6.09 Å². The summed E-state index contributed by atoms with van der Waals surface area (Å²) in [7, 11) is 1.44. The maximum Gasteiger partial charge on any atom is 0.433 e. The summed E-state index contributed by atoms with van der Waals surface area (Å²) in [5, 5.41) is 6.39. The molecule has 0 fully saturated rings. The number of carbonyl (C=O) groups excluding carboxylic acids is 2. The Hall–Kier alpha value is -1.24. The molecule has 15 heavy (non-hydrogen) atoms. The predicted molar refractivity (Wildman–Crippen MR) is 59.5 cm³/mol. The molecule has 1 unspecified atom stereocenters. The normalized spacial score (nSPS) is 13.1. The fourth-order valence-electron chi connectivity index (χ4n) is 0.789. The van der Waals surface area contributed by atoms with Crippen LogP contribution in [-0.2, 0) is 9.63 Å². The number of nitrogens with one attached hydrogen (secondary N) is 1. The minimum atomic E-state index is -0.627. The summed E-state index contributed by atoms with van der Waals surface area (Å²) in [4.78, 5) is 25.7. The Kier molecular flexibility index (Phi) is 6.52. The van der Waals surface area contributed by atoms with Crippen molar-refractivity contribution in [2.45, 2.75) is 25.5 Å². The molecule has 1 atom stereocenters. The molecule has 0 aliphatic heterocycles. The number of oxime groups is 1. The van der Waals surface area contributed by atoms with E-state index in [1.54, 1.807) is 6.92 Å². The third kappa shape index (κ3) is 7.80. The Balaban J connectivity index is 3.95. The number of thioether (sulfide) groups is 1. The van der Waals surface area contributed by atoms with E-state index in [0.29, 0.717) is 5.04 Å². The summed E-state index contributed by atoms with van der Waals surface area (Å²) in [5.41, 5.74) is 5.03. The molecule has 86 valence electrons. The summed E-state index contributed by atoms with van der Waals surface area (Å²) in [6.07, 6.45) is -0.366. The van der Waals surface area contributed by atoms with Crippen LogP contribution in [0, 0.1) is 0 Å². The molecule has 0 aromatic rings. The van der Waals surface area contributed by atoms with Gasteiger partial charge in [-0.05, 0) is 6.92 Å². The fourth-order valence-corrected chi connectivity index (χ4v) is 1.70. The average Bonchev–Trinajstić information content (AvgIpc) is 2.12. The minimum Gasteiger partial charge on any atom is -0.370 e. The molecule has 0 radical (unpaired) electrons. The minimum absolute atomic E-state index is 0.0135. The first-order chi connectivity index (χ1) is 6.95. The molecule has 0 bridgehead atoms. The average molecular weight is 233 g/mol. The van der Waals surface area contributed by atoms with Crippen LogP contribution in [0.3, 0.4) is 0 Å². The maximum atomic E-state index is 10.7. The van der Waals surface area contributed by atoms with E-state index in [9.17, 15) is 9.59 Å². The van der Waals surface area contributed by atoms with Gasteiger partial charge in [-0.1, -0.05) is 12.1 Å². The van der Waals surface area contributed by atoms with E-state index in [0.717, 1.165) is 0 Å². The SMILES string of the molecule is CNC(=O)O/N=C(\C)SC(C)CC(N)=O. The van der Waals surface area contributed by atoms with Crippen molar-refractivity contribution in [1.82, 2.24) is 5.32 Å². The van der Waals surface area contributed by atoms with E-state index in [-0.39, 0.29) is 17.6 Å². The number of primary amides is 1. The summed E-state index contributed by atoms with van der Waals surface area (Å²) in [5.74, 6) is -0.366. The lowest BCUT2D eigenvalue weighted by Gasteiger charge is -2.07. The molecule has 3 N–H and O–H groups in total. The Labute approximate surface area is 92.6 Å². The Morgan fingerprint density at radius 3 is 2.67 bits per heavy atom. The molecule has 0 aliphatic carbocycles. The van der Waals surface area contributed by atoms with Gasteiger partial charge in [0.15, 0.2) is 0 Å². The van der Waals surface area contributed by atoms with Crippen LogP contribution < -0.4 is 11.1 Å². The third-order valence-electron chi connectivity index (χ3n) is 1.32. The van der Waals surface area contributed by atoms with Crippen molar-refractivity contribution in [2.24, 2.45) is 10.9 Å². The van der Waals surface area contributed by atoms with Crippen LogP contribution in [0.25, 0.3) is 0 Å². The van der Waals surface area contributed by atoms with Crippen LogP contribution in [-0.4, -0.2) is 29.3 Å². The molecular weight excluding hydrogens is 218 g/mol. The highest BCUT2D eigenvalue weighted by Gasteiger charge is 2.08. The highest BCUT2D eigenvalue weighted by Crippen LogP contribution is 2.15. The monoisotopic (exact) mass is 233 g/mol. The van der Waals surface area contributed by atoms with E-state index in [2.05, 4.69) is 15.3 Å². The largest absolute Gasteiger partial charge is 0.433 e. The van der Waals surface area contributed by atoms with Crippen molar-refractivity contribution in [3.05, 3.63) is 0 Å². The van der Waals surface area contributed by atoms with Crippen molar-refractivity contribution in [2.75, 3.05) is 7.05 Å². The standard InChI is InChI=1S/C8H15N3O3S/c1-5(4-7(9)12)15-6(2)11-14-8(13)10-3/h5H,4H2,1-3H3,(H2,9,12)(H,10,13)/b11-6+. The molecule has 0 aliphatic rings. The molecule has 7 heteroatoms. The molecule has 2 amide bonds. The second-order valence-corrected chi connectivity index (χ2v) is 4.47. The first kappa shape index (κ1) is 13.8. The van der Waals surface area contributed by atoms with Crippen molar-refractivity contribution in [3.63, 3.8) is 0 Å². The van der Waals surface area contributed by atoms with E-state index >= 15 is 0 Å². The van der Waals surface area contributed by atoms with Gasteiger partial charge in [0.1, 0.15) is 5.04 Å². The molecule has 6 nitrogen and oxygen atoms in total. The van der Waals surface area contributed by atoms with Gasteiger partial charge in [-0.3, -0.25) is 9.63 Å². The molecule has 0 spiro atoms. The summed E-state index contributed by atoms with van der Waals surface area (Å²) in [6, 6.07) is 0. The fraction of sp³-hybridized carbons (Fsp3) is 0.625. The first-order valence-corrected chi connectivity index (χ1v) is 5.22. The lowest BCUT2D eigenvalue weighted by atomic mass is 10.3. The molecule has 0 rings (SSSR count). The highest BCUT2D eigenvalue weighted by molar-refractivity contribution is 8.14. The zero-order valence-electron chi connectivity index (χ0n) is 8.94. The van der Waals surface area contributed by atoms with Gasteiger partial charge in [0, 0.05) is 18.7 Å². The zero-order chi connectivity index (χ0) is 11.8. The Bertz CT molecular complexity index is 268. The Morgan fingerprint density at radius 2 is 2.20 bits per heavy atom. The van der Waals surface area contributed by atoms with Crippen LogP contribution in [0.5, 0.6) is 0 Å². The van der Waals surface area contributed by atoms with E-state index in [4.69, 9.17) is 5.73 Å². The number of hydrogen-bond donors (Lipinski definition) is 2. The molecular formula is C8H15N3O3S. The van der Waals surface area contributed by atoms with Gasteiger partial charge in [-0.25, -0.2) is 4.79 Å².